The highest BCUT2D eigenvalue weighted by molar-refractivity contribution is 6.18. The number of fused-ring (bicyclic) bond motifs is 2. The van der Waals surface area contributed by atoms with Crippen molar-refractivity contribution in [2.75, 3.05) is 17.3 Å². The third kappa shape index (κ3) is 2.36. The molecule has 1 saturated heterocycles. The molecule has 2 atom stereocenters. The van der Waals surface area contributed by atoms with Gasteiger partial charge in [-0.3, -0.25) is 9.59 Å². The minimum Gasteiger partial charge on any atom is -0.348 e. The van der Waals surface area contributed by atoms with Crippen molar-refractivity contribution in [2.45, 2.75) is 37.6 Å². The van der Waals surface area contributed by atoms with E-state index in [0.29, 0.717) is 25.3 Å². The molecule has 1 aromatic rings. The number of carbonyl (C=O) groups is 2. The molecule has 3 rings (SSSR count). The van der Waals surface area contributed by atoms with Crippen LogP contribution in [0.1, 0.15) is 31.7 Å². The normalized spacial score (nSPS) is 26.3. The lowest BCUT2D eigenvalue weighted by Gasteiger charge is -2.41. The van der Waals surface area contributed by atoms with Gasteiger partial charge in [0.1, 0.15) is 5.41 Å². The number of amides is 2. The molecule has 1 N–H and O–H groups in total. The van der Waals surface area contributed by atoms with Gasteiger partial charge in [-0.05, 0) is 31.4 Å². The summed E-state index contributed by atoms with van der Waals surface area (Å²) in [4.78, 5) is 27.1. The molecule has 2 aliphatic rings. The number of para-hydroxylation sites is 1. The summed E-state index contributed by atoms with van der Waals surface area (Å²) in [6.45, 7) is 6.49. The lowest BCUT2D eigenvalue weighted by Crippen LogP contribution is -2.59. The number of nitrogens with one attached hydrogen (secondary N) is 1. The van der Waals surface area contributed by atoms with E-state index in [4.69, 9.17) is 11.6 Å². The summed E-state index contributed by atoms with van der Waals surface area (Å²) in [6, 6.07) is 7.50. The Labute approximate surface area is 141 Å². The van der Waals surface area contributed by atoms with Gasteiger partial charge in [0.25, 0.3) is 0 Å². The van der Waals surface area contributed by atoms with E-state index in [1.807, 2.05) is 36.1 Å². The predicted octanol–water partition coefficient (Wildman–Crippen LogP) is 2.75. The molecule has 23 heavy (non-hydrogen) atoms. The molecule has 2 unspecified atom stereocenters. The smallest absolute Gasteiger partial charge is 0.240 e. The monoisotopic (exact) mass is 332 g/mol. The molecule has 1 spiro atoms. The maximum Gasteiger partial charge on any atom is 0.240 e. The number of piperidine rings is 1. The van der Waals surface area contributed by atoms with Crippen LogP contribution in [0.5, 0.6) is 0 Å². The Morgan fingerprint density at radius 2 is 2.17 bits per heavy atom. The first-order chi connectivity index (χ1) is 11.0. The van der Waals surface area contributed by atoms with Crippen molar-refractivity contribution < 1.29 is 9.59 Å². The van der Waals surface area contributed by atoms with E-state index in [0.717, 1.165) is 23.2 Å². The van der Waals surface area contributed by atoms with Crippen molar-refractivity contribution in [1.82, 2.24) is 5.32 Å². The van der Waals surface area contributed by atoms with Crippen molar-refractivity contribution in [2.24, 2.45) is 0 Å². The molecule has 0 saturated carbocycles. The molecule has 1 aromatic carbocycles. The molecule has 122 valence electrons. The van der Waals surface area contributed by atoms with Crippen LogP contribution in [0.4, 0.5) is 5.69 Å². The van der Waals surface area contributed by atoms with Crippen molar-refractivity contribution in [3.8, 4) is 0 Å². The van der Waals surface area contributed by atoms with E-state index in [1.165, 1.54) is 0 Å². The first-order valence-electron chi connectivity index (χ1n) is 7.94. The third-order valence-corrected chi connectivity index (χ3v) is 5.12. The average molecular weight is 333 g/mol. The summed E-state index contributed by atoms with van der Waals surface area (Å²) >= 11 is 5.82. The summed E-state index contributed by atoms with van der Waals surface area (Å²) < 4.78 is 0. The summed E-state index contributed by atoms with van der Waals surface area (Å²) in [6.07, 6.45) is 1.61. The summed E-state index contributed by atoms with van der Waals surface area (Å²) in [5, 5.41) is 2.98. The Morgan fingerprint density at radius 3 is 2.87 bits per heavy atom. The fourth-order valence-electron chi connectivity index (χ4n) is 3.87. The van der Waals surface area contributed by atoms with Crippen LogP contribution in [0.2, 0.25) is 0 Å². The zero-order valence-electron chi connectivity index (χ0n) is 13.3. The molecular weight excluding hydrogens is 312 g/mol. The first kappa shape index (κ1) is 16.1. The highest BCUT2D eigenvalue weighted by Gasteiger charge is 2.57. The number of nitrogens with zero attached hydrogens (tertiary/aromatic N) is 1. The second kappa shape index (κ2) is 6.00. The standard InChI is InChI=1S/C18H21ClN2O2/c1-12(2)16-18(9-8-15(22)20-16)13-6-3-4-7-14(13)21(17(18)23)11-5-10-19/h3-4,6-7,16H,1,5,8-11H2,2H3,(H,20,22). The Bertz CT molecular complexity index is 673. The molecule has 4 nitrogen and oxygen atoms in total. The van der Waals surface area contributed by atoms with Crippen LogP contribution < -0.4 is 10.2 Å². The van der Waals surface area contributed by atoms with Crippen LogP contribution in [0.15, 0.2) is 36.4 Å². The number of anilines is 1. The quantitative estimate of drug-likeness (QED) is 0.681. The van der Waals surface area contributed by atoms with Crippen LogP contribution in [0.3, 0.4) is 0 Å². The topological polar surface area (TPSA) is 49.4 Å². The highest BCUT2D eigenvalue weighted by atomic mass is 35.5. The van der Waals surface area contributed by atoms with Crippen molar-refractivity contribution in [1.29, 1.82) is 0 Å². The number of carbonyl (C=O) groups excluding carboxylic acids is 2. The minimum atomic E-state index is -0.733. The largest absolute Gasteiger partial charge is 0.348 e. The molecule has 0 aromatic heterocycles. The van der Waals surface area contributed by atoms with E-state index < -0.39 is 5.41 Å². The molecule has 0 radical (unpaired) electrons. The average Bonchev–Trinajstić information content (AvgIpc) is 2.77. The van der Waals surface area contributed by atoms with E-state index >= 15 is 0 Å². The van der Waals surface area contributed by atoms with Crippen molar-refractivity contribution in [3.63, 3.8) is 0 Å². The maximum absolute atomic E-state index is 13.4. The minimum absolute atomic E-state index is 0.0203. The maximum atomic E-state index is 13.4. The van der Waals surface area contributed by atoms with Crippen LogP contribution in [0.25, 0.3) is 0 Å². The van der Waals surface area contributed by atoms with Crippen LogP contribution in [0, 0.1) is 0 Å². The Morgan fingerprint density at radius 1 is 1.43 bits per heavy atom. The first-order valence-corrected chi connectivity index (χ1v) is 8.48. The fourth-order valence-corrected chi connectivity index (χ4v) is 3.99. The van der Waals surface area contributed by atoms with Gasteiger partial charge in [0.05, 0.1) is 6.04 Å². The predicted molar refractivity (Wildman–Crippen MR) is 91.8 cm³/mol. The van der Waals surface area contributed by atoms with Crippen LogP contribution >= 0.6 is 11.6 Å². The van der Waals surface area contributed by atoms with Crippen LogP contribution in [-0.4, -0.2) is 30.3 Å². The van der Waals surface area contributed by atoms with Crippen LogP contribution in [-0.2, 0) is 15.0 Å². The number of alkyl halides is 1. The Balaban J connectivity index is 2.12. The van der Waals surface area contributed by atoms with Gasteiger partial charge in [-0.15, -0.1) is 11.6 Å². The van der Waals surface area contributed by atoms with Gasteiger partial charge < -0.3 is 10.2 Å². The van der Waals surface area contributed by atoms with E-state index in [1.54, 1.807) is 0 Å². The molecule has 2 heterocycles. The SMILES string of the molecule is C=C(C)C1NC(=O)CCC12C(=O)N(CCCCl)c1ccccc12. The summed E-state index contributed by atoms with van der Waals surface area (Å²) in [5.74, 6) is 0.546. The lowest BCUT2D eigenvalue weighted by molar-refractivity contribution is -0.130. The van der Waals surface area contributed by atoms with Gasteiger partial charge in [0.2, 0.25) is 11.8 Å². The number of rotatable bonds is 4. The van der Waals surface area contributed by atoms with E-state index in [9.17, 15) is 9.59 Å². The Hall–Kier alpha value is -1.81. The zero-order chi connectivity index (χ0) is 16.6. The van der Waals surface area contributed by atoms with Gasteiger partial charge in [-0.1, -0.05) is 30.4 Å². The summed E-state index contributed by atoms with van der Waals surface area (Å²) in [5.41, 5.74) is 2.00. The number of benzene rings is 1. The molecular formula is C18H21ClN2O2. The molecule has 2 amide bonds. The van der Waals surface area contributed by atoms with Gasteiger partial charge >= 0.3 is 0 Å². The second-order valence-corrected chi connectivity index (χ2v) is 6.71. The second-order valence-electron chi connectivity index (χ2n) is 6.33. The molecule has 0 aliphatic carbocycles. The van der Waals surface area contributed by atoms with E-state index in [-0.39, 0.29) is 17.9 Å². The van der Waals surface area contributed by atoms with Gasteiger partial charge in [-0.25, -0.2) is 0 Å². The summed E-state index contributed by atoms with van der Waals surface area (Å²) in [7, 11) is 0. The molecule has 0 bridgehead atoms. The van der Waals surface area contributed by atoms with Gasteiger partial charge in [0, 0.05) is 24.5 Å². The molecule has 2 aliphatic heterocycles. The van der Waals surface area contributed by atoms with Crippen molar-refractivity contribution in [3.05, 3.63) is 42.0 Å². The Kier molecular flexibility index (Phi) is 4.19. The lowest BCUT2D eigenvalue weighted by atomic mass is 9.67. The fraction of sp³-hybridized carbons (Fsp3) is 0.444. The van der Waals surface area contributed by atoms with Crippen molar-refractivity contribution >= 4 is 29.1 Å². The number of hydrogen-bond donors (Lipinski definition) is 1. The molecule has 1 fully saturated rings. The van der Waals surface area contributed by atoms with E-state index in [2.05, 4.69) is 11.9 Å². The van der Waals surface area contributed by atoms with Gasteiger partial charge in [-0.2, -0.15) is 0 Å². The zero-order valence-corrected chi connectivity index (χ0v) is 14.0. The van der Waals surface area contributed by atoms with Gasteiger partial charge in [0.15, 0.2) is 0 Å². The molecule has 5 heteroatoms. The highest BCUT2D eigenvalue weighted by Crippen LogP contribution is 2.49. The number of halogens is 1. The third-order valence-electron chi connectivity index (χ3n) is 4.85. The number of hydrogen-bond acceptors (Lipinski definition) is 2.